The van der Waals surface area contributed by atoms with E-state index in [2.05, 4.69) is 27.9 Å². The van der Waals surface area contributed by atoms with Crippen LogP contribution in [0.15, 0.2) is 59.3 Å². The van der Waals surface area contributed by atoms with Gasteiger partial charge in [-0.05, 0) is 59.0 Å². The van der Waals surface area contributed by atoms with Crippen LogP contribution in [-0.2, 0) is 9.59 Å². The Bertz CT molecular complexity index is 849. The van der Waals surface area contributed by atoms with E-state index in [1.54, 1.807) is 24.3 Å². The fourth-order valence-electron chi connectivity index (χ4n) is 2.27. The smallest absolute Gasteiger partial charge is 0.283 e. The molecular formula is C17H12ClIN2O3. The number of ether oxygens (including phenoxy) is 1. The molecule has 0 unspecified atom stereocenters. The van der Waals surface area contributed by atoms with Crippen molar-refractivity contribution in [2.75, 3.05) is 17.3 Å². The Morgan fingerprint density at radius 3 is 2.46 bits per heavy atom. The molecule has 7 heteroatoms. The van der Waals surface area contributed by atoms with Crippen LogP contribution in [0.4, 0.5) is 11.4 Å². The number of nitrogens with zero attached hydrogens (tertiary/aromatic N) is 1. The van der Waals surface area contributed by atoms with Gasteiger partial charge in [0.15, 0.2) is 0 Å². The lowest BCUT2D eigenvalue weighted by atomic mass is 10.2. The number of carbonyl (C=O) groups excluding carboxylic acids is 2. The fraction of sp³-hybridized carbons (Fsp3) is 0.0588. The van der Waals surface area contributed by atoms with Gasteiger partial charge in [-0.25, -0.2) is 4.90 Å². The van der Waals surface area contributed by atoms with Gasteiger partial charge in [0, 0.05) is 15.3 Å². The standard InChI is InChI=1S/C17H12ClIN2O3/c1-24-13-4-2-3-12(9-13)21-16(22)14(18)15(17(21)23)20-11-7-5-10(19)6-8-11/h2-9,20H,1H3. The molecule has 1 N–H and O–H groups in total. The molecule has 3 rings (SSSR count). The Labute approximate surface area is 157 Å². The van der Waals surface area contributed by atoms with E-state index < -0.39 is 11.8 Å². The number of carbonyl (C=O) groups is 2. The number of hydrogen-bond acceptors (Lipinski definition) is 4. The summed E-state index contributed by atoms with van der Waals surface area (Å²) in [6, 6.07) is 14.1. The maximum absolute atomic E-state index is 12.7. The summed E-state index contributed by atoms with van der Waals surface area (Å²) in [4.78, 5) is 26.1. The number of rotatable bonds is 4. The van der Waals surface area contributed by atoms with Crippen LogP contribution in [0.2, 0.25) is 0 Å². The fourth-order valence-corrected chi connectivity index (χ4v) is 2.85. The number of imide groups is 1. The average molecular weight is 455 g/mol. The zero-order chi connectivity index (χ0) is 17.3. The van der Waals surface area contributed by atoms with Crippen molar-refractivity contribution in [2.45, 2.75) is 0 Å². The summed E-state index contributed by atoms with van der Waals surface area (Å²) < 4.78 is 6.19. The lowest BCUT2D eigenvalue weighted by Gasteiger charge is -2.15. The minimum atomic E-state index is -0.567. The van der Waals surface area contributed by atoms with Crippen molar-refractivity contribution in [1.29, 1.82) is 0 Å². The molecule has 1 aliphatic rings. The largest absolute Gasteiger partial charge is 0.497 e. The number of benzene rings is 2. The summed E-state index contributed by atoms with van der Waals surface area (Å²) in [5, 5.41) is 2.79. The number of methoxy groups -OCH3 is 1. The van der Waals surface area contributed by atoms with E-state index in [9.17, 15) is 9.59 Å². The zero-order valence-electron chi connectivity index (χ0n) is 12.5. The summed E-state index contributed by atoms with van der Waals surface area (Å²) in [6.07, 6.45) is 0. The Kier molecular flexibility index (Phi) is 4.77. The maximum Gasteiger partial charge on any atom is 0.283 e. The third-order valence-corrected chi connectivity index (χ3v) is 4.52. The molecule has 0 fully saturated rings. The molecule has 2 aromatic rings. The van der Waals surface area contributed by atoms with E-state index >= 15 is 0 Å². The monoisotopic (exact) mass is 454 g/mol. The van der Waals surface area contributed by atoms with E-state index in [1.807, 2.05) is 24.3 Å². The molecule has 0 bridgehead atoms. The van der Waals surface area contributed by atoms with E-state index in [-0.39, 0.29) is 10.7 Å². The molecule has 0 saturated heterocycles. The van der Waals surface area contributed by atoms with Crippen LogP contribution < -0.4 is 15.0 Å². The molecule has 0 aliphatic carbocycles. The lowest BCUT2D eigenvalue weighted by molar-refractivity contribution is -0.120. The maximum atomic E-state index is 12.7. The number of amides is 2. The predicted molar refractivity (Wildman–Crippen MR) is 101 cm³/mol. The second kappa shape index (κ2) is 6.82. The minimum absolute atomic E-state index is 0.0608. The first-order chi connectivity index (χ1) is 11.5. The van der Waals surface area contributed by atoms with E-state index in [0.717, 1.165) is 8.47 Å². The Morgan fingerprint density at radius 2 is 1.79 bits per heavy atom. The van der Waals surface area contributed by atoms with Gasteiger partial charge in [-0.1, -0.05) is 17.7 Å². The van der Waals surface area contributed by atoms with Gasteiger partial charge in [0.2, 0.25) is 0 Å². The first-order valence-electron chi connectivity index (χ1n) is 6.96. The molecule has 2 amide bonds. The van der Waals surface area contributed by atoms with E-state index in [1.165, 1.54) is 7.11 Å². The lowest BCUT2D eigenvalue weighted by Crippen LogP contribution is -2.32. The summed E-state index contributed by atoms with van der Waals surface area (Å²) in [5.41, 5.74) is 1.14. The zero-order valence-corrected chi connectivity index (χ0v) is 15.5. The van der Waals surface area contributed by atoms with Crippen molar-refractivity contribution in [2.24, 2.45) is 0 Å². The number of nitrogens with one attached hydrogen (secondary N) is 1. The highest BCUT2D eigenvalue weighted by molar-refractivity contribution is 14.1. The number of hydrogen-bond donors (Lipinski definition) is 1. The Balaban J connectivity index is 1.91. The highest BCUT2D eigenvalue weighted by Crippen LogP contribution is 2.31. The molecule has 24 heavy (non-hydrogen) atoms. The molecule has 0 radical (unpaired) electrons. The van der Waals surface area contributed by atoms with Gasteiger partial charge in [-0.2, -0.15) is 0 Å². The minimum Gasteiger partial charge on any atom is -0.497 e. The predicted octanol–water partition coefficient (Wildman–Crippen LogP) is 3.74. The molecule has 5 nitrogen and oxygen atoms in total. The van der Waals surface area contributed by atoms with Crippen molar-refractivity contribution < 1.29 is 14.3 Å². The van der Waals surface area contributed by atoms with Gasteiger partial charge in [0.05, 0.1) is 12.8 Å². The van der Waals surface area contributed by atoms with Crippen molar-refractivity contribution in [3.05, 3.63) is 62.8 Å². The van der Waals surface area contributed by atoms with Gasteiger partial charge in [0.1, 0.15) is 16.5 Å². The second-order valence-corrected chi connectivity index (χ2v) is 6.59. The third-order valence-electron chi connectivity index (χ3n) is 3.45. The van der Waals surface area contributed by atoms with Gasteiger partial charge in [-0.15, -0.1) is 0 Å². The topological polar surface area (TPSA) is 58.6 Å². The summed E-state index contributed by atoms with van der Waals surface area (Å²) in [5.74, 6) is -0.525. The van der Waals surface area contributed by atoms with Gasteiger partial charge >= 0.3 is 0 Å². The quantitative estimate of drug-likeness (QED) is 0.565. The van der Waals surface area contributed by atoms with E-state index in [4.69, 9.17) is 16.3 Å². The van der Waals surface area contributed by atoms with Gasteiger partial charge in [-0.3, -0.25) is 9.59 Å². The highest BCUT2D eigenvalue weighted by atomic mass is 127. The SMILES string of the molecule is COc1cccc(N2C(=O)C(Cl)=C(Nc3ccc(I)cc3)C2=O)c1. The molecule has 1 aliphatic heterocycles. The normalized spacial score (nSPS) is 14.4. The number of halogens is 2. The van der Waals surface area contributed by atoms with Crippen molar-refractivity contribution in [1.82, 2.24) is 0 Å². The van der Waals surface area contributed by atoms with Gasteiger partial charge < -0.3 is 10.1 Å². The third kappa shape index (κ3) is 3.11. The van der Waals surface area contributed by atoms with Crippen molar-refractivity contribution in [3.63, 3.8) is 0 Å². The highest BCUT2D eigenvalue weighted by Gasteiger charge is 2.39. The summed E-state index contributed by atoms with van der Waals surface area (Å²) >= 11 is 8.28. The van der Waals surface area contributed by atoms with Crippen LogP contribution in [0.3, 0.4) is 0 Å². The Morgan fingerprint density at radius 1 is 1.08 bits per heavy atom. The van der Waals surface area contributed by atoms with Crippen LogP contribution >= 0.6 is 34.2 Å². The summed E-state index contributed by atoms with van der Waals surface area (Å²) in [7, 11) is 1.52. The molecule has 0 aromatic heterocycles. The molecule has 0 atom stereocenters. The van der Waals surface area contributed by atoms with Crippen LogP contribution in [0.1, 0.15) is 0 Å². The average Bonchev–Trinajstić information content (AvgIpc) is 2.80. The van der Waals surface area contributed by atoms with Crippen LogP contribution in [0.25, 0.3) is 0 Å². The second-order valence-electron chi connectivity index (χ2n) is 4.97. The van der Waals surface area contributed by atoms with Crippen molar-refractivity contribution >= 4 is 57.4 Å². The molecule has 0 spiro atoms. The first kappa shape index (κ1) is 16.8. The molecule has 2 aromatic carbocycles. The van der Waals surface area contributed by atoms with Crippen LogP contribution in [0, 0.1) is 3.57 Å². The summed E-state index contributed by atoms with van der Waals surface area (Å²) in [6.45, 7) is 0. The molecule has 0 saturated carbocycles. The van der Waals surface area contributed by atoms with Crippen LogP contribution in [-0.4, -0.2) is 18.9 Å². The first-order valence-corrected chi connectivity index (χ1v) is 8.42. The molecule has 122 valence electrons. The number of anilines is 2. The Hall–Kier alpha value is -2.06. The van der Waals surface area contributed by atoms with E-state index in [0.29, 0.717) is 17.1 Å². The van der Waals surface area contributed by atoms with Gasteiger partial charge in [0.25, 0.3) is 11.8 Å². The molecule has 1 heterocycles. The van der Waals surface area contributed by atoms with Crippen LogP contribution in [0.5, 0.6) is 5.75 Å². The van der Waals surface area contributed by atoms with Crippen molar-refractivity contribution in [3.8, 4) is 5.75 Å². The molecular weight excluding hydrogens is 443 g/mol.